The van der Waals surface area contributed by atoms with Gasteiger partial charge in [-0.05, 0) is 59.2 Å². The van der Waals surface area contributed by atoms with Crippen LogP contribution in [-0.2, 0) is 0 Å². The number of carbonyl (C=O) groups excluding carboxylic acids is 1. The molecular weight excluding hydrogens is 332 g/mol. The molecule has 1 fully saturated rings. The Balaban J connectivity index is 1.78. The zero-order valence-electron chi connectivity index (χ0n) is 11.3. The third-order valence-electron chi connectivity index (χ3n) is 3.94. The van der Waals surface area contributed by atoms with Gasteiger partial charge >= 0.3 is 0 Å². The lowest BCUT2D eigenvalue weighted by Gasteiger charge is -2.20. The summed E-state index contributed by atoms with van der Waals surface area (Å²) >= 11 is 5.49. The molecule has 0 aromatic heterocycles. The van der Waals surface area contributed by atoms with E-state index in [-0.39, 0.29) is 0 Å². The first-order valence-electron chi connectivity index (χ1n) is 7.02. The Kier molecular flexibility index (Phi) is 4.47. The van der Waals surface area contributed by atoms with Gasteiger partial charge in [0, 0.05) is 16.5 Å². The Hall–Kier alpha value is -0.800. The normalized spacial score (nSPS) is 16.4. The molecule has 1 aliphatic heterocycles. The molecule has 1 nitrogen and oxygen atoms in total. The molecule has 104 valence electrons. The quantitative estimate of drug-likeness (QED) is 0.698. The highest BCUT2D eigenvalue weighted by molar-refractivity contribution is 9.10. The van der Waals surface area contributed by atoms with Gasteiger partial charge in [0.1, 0.15) is 0 Å². The van der Waals surface area contributed by atoms with Crippen LogP contribution in [0.5, 0.6) is 0 Å². The number of carbonyl (C=O) groups is 1. The van der Waals surface area contributed by atoms with Crippen LogP contribution in [0.1, 0.15) is 29.6 Å². The molecule has 0 atom stereocenters. The highest BCUT2D eigenvalue weighted by atomic mass is 79.9. The van der Waals surface area contributed by atoms with Crippen LogP contribution >= 0.6 is 27.7 Å². The molecule has 0 spiro atoms. The molecule has 0 N–H and O–H groups in total. The summed E-state index contributed by atoms with van der Waals surface area (Å²) in [5.41, 5.74) is 0.859. The summed E-state index contributed by atoms with van der Waals surface area (Å²) in [6.07, 6.45) is 3.09. The number of ketones is 1. The van der Waals surface area contributed by atoms with E-state index in [2.05, 4.69) is 28.1 Å². The Bertz CT molecular complexity index is 632. The molecular formula is C17H17BrOS. The zero-order chi connectivity index (χ0) is 13.9. The van der Waals surface area contributed by atoms with Crippen molar-refractivity contribution in [3.05, 3.63) is 46.4 Å². The smallest absolute Gasteiger partial charge is 0.163 e. The van der Waals surface area contributed by atoms with Crippen LogP contribution in [-0.4, -0.2) is 17.3 Å². The third kappa shape index (κ3) is 3.26. The van der Waals surface area contributed by atoms with Crippen molar-refractivity contribution in [2.24, 2.45) is 5.92 Å². The van der Waals surface area contributed by atoms with Gasteiger partial charge in [-0.25, -0.2) is 0 Å². The molecule has 2 aromatic rings. The van der Waals surface area contributed by atoms with E-state index in [1.54, 1.807) is 0 Å². The Morgan fingerprint density at radius 2 is 1.80 bits per heavy atom. The monoisotopic (exact) mass is 348 g/mol. The first-order chi connectivity index (χ1) is 9.72. The minimum absolute atomic E-state index is 0.298. The second-order valence-electron chi connectivity index (χ2n) is 5.39. The Morgan fingerprint density at radius 3 is 2.60 bits per heavy atom. The fourth-order valence-corrected chi connectivity index (χ4v) is 4.30. The van der Waals surface area contributed by atoms with Crippen LogP contribution in [0.3, 0.4) is 0 Å². The summed E-state index contributed by atoms with van der Waals surface area (Å²) in [5.74, 6) is 3.31. The van der Waals surface area contributed by atoms with Gasteiger partial charge in [0.05, 0.1) is 0 Å². The number of hydrogen-bond donors (Lipinski definition) is 0. The molecule has 0 bridgehead atoms. The third-order valence-corrected chi connectivity index (χ3v) is 5.48. The summed E-state index contributed by atoms with van der Waals surface area (Å²) in [7, 11) is 0. The predicted molar refractivity (Wildman–Crippen MR) is 90.6 cm³/mol. The lowest BCUT2D eigenvalue weighted by Crippen LogP contribution is -2.14. The molecule has 0 saturated carbocycles. The van der Waals surface area contributed by atoms with Gasteiger partial charge in [-0.15, -0.1) is 0 Å². The van der Waals surface area contributed by atoms with E-state index in [1.165, 1.54) is 29.7 Å². The largest absolute Gasteiger partial charge is 0.294 e. The fourth-order valence-electron chi connectivity index (χ4n) is 2.72. The maximum absolute atomic E-state index is 12.4. The maximum atomic E-state index is 12.4. The van der Waals surface area contributed by atoms with Gasteiger partial charge in [-0.3, -0.25) is 4.79 Å². The zero-order valence-corrected chi connectivity index (χ0v) is 13.7. The van der Waals surface area contributed by atoms with Gasteiger partial charge in [0.2, 0.25) is 0 Å². The van der Waals surface area contributed by atoms with Crippen molar-refractivity contribution in [1.29, 1.82) is 0 Å². The lowest BCUT2D eigenvalue weighted by molar-refractivity contribution is 0.0959. The van der Waals surface area contributed by atoms with Crippen LogP contribution < -0.4 is 0 Å². The molecule has 0 aliphatic carbocycles. The van der Waals surface area contributed by atoms with E-state index in [4.69, 9.17) is 0 Å². The molecule has 0 amide bonds. The van der Waals surface area contributed by atoms with Crippen LogP contribution in [0.4, 0.5) is 0 Å². The average molecular weight is 349 g/mol. The molecule has 0 radical (unpaired) electrons. The number of hydrogen-bond acceptors (Lipinski definition) is 2. The highest BCUT2D eigenvalue weighted by Gasteiger charge is 2.18. The Labute approximate surface area is 132 Å². The summed E-state index contributed by atoms with van der Waals surface area (Å²) in [6.45, 7) is 0. The average Bonchev–Trinajstić information content (AvgIpc) is 2.47. The summed E-state index contributed by atoms with van der Waals surface area (Å²) < 4.78 is 1.07. The number of benzene rings is 2. The summed E-state index contributed by atoms with van der Waals surface area (Å²) in [4.78, 5) is 12.4. The van der Waals surface area contributed by atoms with Crippen molar-refractivity contribution in [3.63, 3.8) is 0 Å². The van der Waals surface area contributed by atoms with Gasteiger partial charge in [0.25, 0.3) is 0 Å². The minimum atomic E-state index is 0.298. The molecule has 1 saturated heterocycles. The van der Waals surface area contributed by atoms with E-state index in [1.807, 2.05) is 36.0 Å². The first kappa shape index (κ1) is 14.2. The molecule has 3 heteroatoms. The van der Waals surface area contributed by atoms with Crippen LogP contribution in [0.25, 0.3) is 10.8 Å². The van der Waals surface area contributed by atoms with E-state index in [0.29, 0.717) is 18.1 Å². The summed E-state index contributed by atoms with van der Waals surface area (Å²) in [6, 6.07) is 12.2. The maximum Gasteiger partial charge on any atom is 0.163 e. The van der Waals surface area contributed by atoms with Crippen molar-refractivity contribution in [3.8, 4) is 0 Å². The second-order valence-corrected chi connectivity index (χ2v) is 7.53. The molecule has 2 aromatic carbocycles. The van der Waals surface area contributed by atoms with Gasteiger partial charge in [0.15, 0.2) is 5.78 Å². The molecule has 3 rings (SSSR count). The first-order valence-corrected chi connectivity index (χ1v) is 8.97. The predicted octanol–water partition coefficient (Wildman–Crippen LogP) is 5.32. The van der Waals surface area contributed by atoms with Crippen LogP contribution in [0.2, 0.25) is 0 Å². The number of halogens is 1. The highest BCUT2D eigenvalue weighted by Crippen LogP contribution is 2.27. The van der Waals surface area contributed by atoms with Crippen LogP contribution in [0, 0.1) is 5.92 Å². The van der Waals surface area contributed by atoms with E-state index < -0.39 is 0 Å². The number of thioether (sulfide) groups is 1. The van der Waals surface area contributed by atoms with Crippen LogP contribution in [0.15, 0.2) is 40.9 Å². The lowest BCUT2D eigenvalue weighted by atomic mass is 9.93. The van der Waals surface area contributed by atoms with Gasteiger partial charge < -0.3 is 0 Å². The van der Waals surface area contributed by atoms with Gasteiger partial charge in [-0.1, -0.05) is 34.1 Å². The minimum Gasteiger partial charge on any atom is -0.294 e. The standard InChI is InChI=1S/C17H17BrOS/c18-16-4-3-13-10-15(2-1-14(13)11-16)17(19)9-12-5-7-20-8-6-12/h1-4,10-12H,5-9H2. The van der Waals surface area contributed by atoms with E-state index in [0.717, 1.165) is 15.4 Å². The molecule has 0 unspecified atom stereocenters. The second kappa shape index (κ2) is 6.31. The van der Waals surface area contributed by atoms with Crippen molar-refractivity contribution < 1.29 is 4.79 Å². The van der Waals surface area contributed by atoms with Crippen molar-refractivity contribution in [1.82, 2.24) is 0 Å². The van der Waals surface area contributed by atoms with Crippen molar-refractivity contribution in [2.75, 3.05) is 11.5 Å². The summed E-state index contributed by atoms with van der Waals surface area (Å²) in [5, 5.41) is 2.31. The number of fused-ring (bicyclic) bond motifs is 1. The SMILES string of the molecule is O=C(CC1CCSCC1)c1ccc2cc(Br)ccc2c1. The Morgan fingerprint density at radius 1 is 1.10 bits per heavy atom. The number of Topliss-reactive ketones (excluding diaryl/α,β-unsaturated/α-hetero) is 1. The van der Waals surface area contributed by atoms with Crippen molar-refractivity contribution in [2.45, 2.75) is 19.3 Å². The van der Waals surface area contributed by atoms with E-state index in [9.17, 15) is 4.79 Å². The fraction of sp³-hybridized carbons (Fsp3) is 0.353. The molecule has 20 heavy (non-hydrogen) atoms. The van der Waals surface area contributed by atoms with Crippen molar-refractivity contribution >= 4 is 44.2 Å². The van der Waals surface area contributed by atoms with E-state index >= 15 is 0 Å². The molecule has 1 heterocycles. The topological polar surface area (TPSA) is 17.1 Å². The molecule has 1 aliphatic rings. The number of rotatable bonds is 3. The van der Waals surface area contributed by atoms with Gasteiger partial charge in [-0.2, -0.15) is 11.8 Å².